The van der Waals surface area contributed by atoms with Gasteiger partial charge < -0.3 is 20.2 Å². The number of ether oxygens (including phenoxy) is 1. The molecule has 1 heterocycles. The summed E-state index contributed by atoms with van der Waals surface area (Å²) in [5.74, 6) is 0.0465. The quantitative estimate of drug-likeness (QED) is 0.834. The zero-order chi connectivity index (χ0) is 15.2. The fourth-order valence-electron chi connectivity index (χ4n) is 1.53. The molecular formula is C14H13BrN2O4. The number of nitrogens with two attached hydrogens (primary N) is 1. The number of carbonyl (C=O) groups excluding carboxylic acids is 2. The number of anilines is 1. The van der Waals surface area contributed by atoms with E-state index in [1.807, 2.05) is 0 Å². The summed E-state index contributed by atoms with van der Waals surface area (Å²) in [6, 6.07) is 9.97. The first-order valence-electron chi connectivity index (χ1n) is 6.12. The van der Waals surface area contributed by atoms with Crippen LogP contribution in [0.2, 0.25) is 0 Å². The standard InChI is InChI=1S/C14H13BrN2O4/c15-12-6-5-11(21-12)14(19)17-9-1-3-10(4-2-9)20-8-7-13(16)18/h1-6H,7-8H2,(H2,16,18)(H,17,19). The number of amides is 2. The molecular weight excluding hydrogens is 340 g/mol. The Kier molecular flexibility index (Phi) is 4.99. The van der Waals surface area contributed by atoms with E-state index in [4.69, 9.17) is 14.9 Å². The Morgan fingerprint density at radius 3 is 2.48 bits per heavy atom. The molecule has 0 bridgehead atoms. The lowest BCUT2D eigenvalue weighted by Gasteiger charge is -2.07. The Hall–Kier alpha value is -2.28. The summed E-state index contributed by atoms with van der Waals surface area (Å²) in [5.41, 5.74) is 5.62. The summed E-state index contributed by atoms with van der Waals surface area (Å²) in [7, 11) is 0. The molecule has 2 amide bonds. The zero-order valence-electron chi connectivity index (χ0n) is 11.0. The molecule has 0 spiro atoms. The highest BCUT2D eigenvalue weighted by Crippen LogP contribution is 2.18. The Bertz CT molecular complexity index is 637. The third-order valence-corrected chi connectivity index (χ3v) is 2.95. The number of hydrogen-bond acceptors (Lipinski definition) is 4. The van der Waals surface area contributed by atoms with Gasteiger partial charge in [0.15, 0.2) is 10.4 Å². The number of hydrogen-bond donors (Lipinski definition) is 2. The van der Waals surface area contributed by atoms with E-state index in [1.54, 1.807) is 36.4 Å². The fraction of sp³-hybridized carbons (Fsp3) is 0.143. The third kappa shape index (κ3) is 4.64. The molecule has 7 heteroatoms. The molecule has 0 saturated carbocycles. The van der Waals surface area contributed by atoms with E-state index in [0.29, 0.717) is 16.1 Å². The van der Waals surface area contributed by atoms with Crippen LogP contribution < -0.4 is 15.8 Å². The van der Waals surface area contributed by atoms with E-state index in [1.165, 1.54) is 0 Å². The Balaban J connectivity index is 1.90. The third-order valence-electron chi connectivity index (χ3n) is 2.53. The van der Waals surface area contributed by atoms with Crippen LogP contribution in [0.15, 0.2) is 45.5 Å². The van der Waals surface area contributed by atoms with Crippen LogP contribution in [0.1, 0.15) is 17.0 Å². The van der Waals surface area contributed by atoms with Crippen molar-refractivity contribution < 1.29 is 18.7 Å². The molecule has 0 saturated heterocycles. The summed E-state index contributed by atoms with van der Waals surface area (Å²) in [6.45, 7) is 0.224. The van der Waals surface area contributed by atoms with Gasteiger partial charge in [0, 0.05) is 5.69 Å². The SMILES string of the molecule is NC(=O)CCOc1ccc(NC(=O)c2ccc(Br)o2)cc1. The molecule has 0 aliphatic heterocycles. The van der Waals surface area contributed by atoms with Crippen LogP contribution in [-0.4, -0.2) is 18.4 Å². The summed E-state index contributed by atoms with van der Waals surface area (Å²) in [4.78, 5) is 22.4. The van der Waals surface area contributed by atoms with Gasteiger partial charge in [-0.1, -0.05) is 0 Å². The molecule has 3 N–H and O–H groups in total. The molecule has 0 aliphatic carbocycles. The molecule has 6 nitrogen and oxygen atoms in total. The first-order chi connectivity index (χ1) is 10.0. The average molecular weight is 353 g/mol. The molecule has 0 aliphatic rings. The lowest BCUT2D eigenvalue weighted by molar-refractivity contribution is -0.118. The van der Waals surface area contributed by atoms with Crippen LogP contribution in [0.3, 0.4) is 0 Å². The molecule has 2 aromatic rings. The van der Waals surface area contributed by atoms with Gasteiger partial charge in [0.05, 0.1) is 13.0 Å². The first kappa shape index (κ1) is 15.1. The van der Waals surface area contributed by atoms with Crippen molar-refractivity contribution in [1.82, 2.24) is 0 Å². The van der Waals surface area contributed by atoms with Crippen LogP contribution in [-0.2, 0) is 4.79 Å². The Morgan fingerprint density at radius 2 is 1.90 bits per heavy atom. The van der Waals surface area contributed by atoms with Crippen molar-refractivity contribution in [2.24, 2.45) is 5.73 Å². The maximum Gasteiger partial charge on any atom is 0.291 e. The van der Waals surface area contributed by atoms with Crippen molar-refractivity contribution >= 4 is 33.4 Å². The Labute approximate surface area is 129 Å². The van der Waals surface area contributed by atoms with Gasteiger partial charge in [0.1, 0.15) is 5.75 Å². The number of primary amides is 1. The molecule has 0 atom stereocenters. The van der Waals surface area contributed by atoms with Gasteiger partial charge in [-0.3, -0.25) is 9.59 Å². The maximum absolute atomic E-state index is 11.9. The van der Waals surface area contributed by atoms with Gasteiger partial charge >= 0.3 is 0 Å². The van der Waals surface area contributed by atoms with E-state index in [9.17, 15) is 9.59 Å². The first-order valence-corrected chi connectivity index (χ1v) is 6.92. The fourth-order valence-corrected chi connectivity index (χ4v) is 1.84. The van der Waals surface area contributed by atoms with Crippen molar-refractivity contribution in [3.8, 4) is 5.75 Å². The Morgan fingerprint density at radius 1 is 1.19 bits per heavy atom. The van der Waals surface area contributed by atoms with Crippen molar-refractivity contribution in [2.45, 2.75) is 6.42 Å². The number of carbonyl (C=O) groups is 2. The molecule has 21 heavy (non-hydrogen) atoms. The lowest BCUT2D eigenvalue weighted by Crippen LogP contribution is -2.14. The van der Waals surface area contributed by atoms with Gasteiger partial charge in [-0.25, -0.2) is 0 Å². The van der Waals surface area contributed by atoms with Crippen molar-refractivity contribution in [3.63, 3.8) is 0 Å². The summed E-state index contributed by atoms with van der Waals surface area (Å²) >= 11 is 3.13. The largest absolute Gasteiger partial charge is 0.493 e. The van der Waals surface area contributed by atoms with Crippen molar-refractivity contribution in [1.29, 1.82) is 0 Å². The van der Waals surface area contributed by atoms with E-state index >= 15 is 0 Å². The lowest BCUT2D eigenvalue weighted by atomic mass is 10.3. The van der Waals surface area contributed by atoms with Gasteiger partial charge in [0.25, 0.3) is 5.91 Å². The summed E-state index contributed by atoms with van der Waals surface area (Å²) in [6.07, 6.45) is 0.159. The minimum atomic E-state index is -0.413. The van der Waals surface area contributed by atoms with E-state index < -0.39 is 5.91 Å². The molecule has 110 valence electrons. The van der Waals surface area contributed by atoms with Crippen LogP contribution in [0, 0.1) is 0 Å². The molecule has 2 rings (SSSR count). The topological polar surface area (TPSA) is 94.6 Å². The van der Waals surface area contributed by atoms with E-state index in [0.717, 1.165) is 0 Å². The van der Waals surface area contributed by atoms with Gasteiger partial charge in [0.2, 0.25) is 5.91 Å². The van der Waals surface area contributed by atoms with Crippen molar-refractivity contribution in [2.75, 3.05) is 11.9 Å². The second-order valence-electron chi connectivity index (χ2n) is 4.15. The highest BCUT2D eigenvalue weighted by atomic mass is 79.9. The number of furan rings is 1. The molecule has 0 unspecified atom stereocenters. The molecule has 0 radical (unpaired) electrons. The van der Waals surface area contributed by atoms with Crippen LogP contribution in [0.4, 0.5) is 5.69 Å². The number of nitrogens with one attached hydrogen (secondary N) is 1. The second-order valence-corrected chi connectivity index (χ2v) is 4.93. The van der Waals surface area contributed by atoms with Crippen LogP contribution in [0.5, 0.6) is 5.75 Å². The van der Waals surface area contributed by atoms with Gasteiger partial charge in [-0.05, 0) is 52.3 Å². The molecule has 1 aromatic heterocycles. The molecule has 1 aromatic carbocycles. The summed E-state index contributed by atoms with van der Waals surface area (Å²) in [5, 5.41) is 2.69. The zero-order valence-corrected chi connectivity index (χ0v) is 12.6. The predicted octanol–water partition coefficient (Wildman–Crippen LogP) is 2.55. The monoisotopic (exact) mass is 352 g/mol. The minimum absolute atomic E-state index is 0.159. The minimum Gasteiger partial charge on any atom is -0.493 e. The second kappa shape index (κ2) is 6.94. The van der Waals surface area contributed by atoms with E-state index in [-0.39, 0.29) is 24.7 Å². The summed E-state index contributed by atoms with van der Waals surface area (Å²) < 4.78 is 11.0. The van der Waals surface area contributed by atoms with Crippen LogP contribution >= 0.6 is 15.9 Å². The highest BCUT2D eigenvalue weighted by molar-refractivity contribution is 9.10. The van der Waals surface area contributed by atoms with Crippen molar-refractivity contribution in [3.05, 3.63) is 46.8 Å². The molecule has 0 fully saturated rings. The van der Waals surface area contributed by atoms with Gasteiger partial charge in [-0.15, -0.1) is 0 Å². The average Bonchev–Trinajstić information content (AvgIpc) is 2.87. The predicted molar refractivity (Wildman–Crippen MR) is 80.1 cm³/mol. The van der Waals surface area contributed by atoms with E-state index in [2.05, 4.69) is 21.2 Å². The normalized spacial score (nSPS) is 10.1. The number of rotatable bonds is 6. The van der Waals surface area contributed by atoms with Crippen LogP contribution in [0.25, 0.3) is 0 Å². The highest BCUT2D eigenvalue weighted by Gasteiger charge is 2.10. The smallest absolute Gasteiger partial charge is 0.291 e. The van der Waals surface area contributed by atoms with Gasteiger partial charge in [-0.2, -0.15) is 0 Å². The number of halogens is 1. The maximum atomic E-state index is 11.9. The number of benzene rings is 1.